The SMILES string of the molecule is CN(C(=O)OCc1ccccc1)N(Cc1c[nH]c2ccccc12)C(O)(OCc1ccccc1)C(=O)OOC(=O)C1(O)OC1=O. The normalized spacial score (nSPS) is 17.0. The summed E-state index contributed by atoms with van der Waals surface area (Å²) < 4.78 is 15.3. The van der Waals surface area contributed by atoms with Crippen LogP contribution >= 0.6 is 0 Å². The standard InChI is InChI=1S/C30H27N3O11/c1-32(28(37)40-18-20-10-4-2-5-11-20)33(17-22-16-31-24-15-9-8-14-23(22)24)30(39,41-19-21-12-6-3-7-13-21)27(36)44-43-26(35)29(38)25(34)42-29/h2-16,31,38-39H,17-19H2,1H3. The van der Waals surface area contributed by atoms with Crippen LogP contribution in [0.5, 0.6) is 0 Å². The van der Waals surface area contributed by atoms with Gasteiger partial charge in [-0.05, 0) is 22.8 Å². The van der Waals surface area contributed by atoms with Crippen molar-refractivity contribution in [3.63, 3.8) is 0 Å². The fourth-order valence-corrected chi connectivity index (χ4v) is 4.17. The Labute approximate surface area is 249 Å². The number of aromatic nitrogens is 1. The molecule has 3 N–H and O–H groups in total. The number of hydrogen-bond acceptors (Lipinski definition) is 12. The third-order valence-corrected chi connectivity index (χ3v) is 6.67. The van der Waals surface area contributed by atoms with Crippen molar-refractivity contribution in [1.82, 2.24) is 15.0 Å². The van der Waals surface area contributed by atoms with Gasteiger partial charge in [-0.25, -0.2) is 34.0 Å². The van der Waals surface area contributed by atoms with Gasteiger partial charge in [0.1, 0.15) is 6.61 Å². The largest absolute Gasteiger partial charge is 0.444 e. The van der Waals surface area contributed by atoms with E-state index in [2.05, 4.69) is 19.5 Å². The molecule has 5 rings (SSSR count). The summed E-state index contributed by atoms with van der Waals surface area (Å²) in [6.45, 7) is -0.868. The van der Waals surface area contributed by atoms with E-state index < -0.39 is 35.7 Å². The molecule has 1 amide bonds. The highest BCUT2D eigenvalue weighted by atomic mass is 17.2. The molecule has 44 heavy (non-hydrogen) atoms. The van der Waals surface area contributed by atoms with Crippen molar-refractivity contribution in [3.05, 3.63) is 108 Å². The van der Waals surface area contributed by atoms with E-state index in [0.717, 1.165) is 15.5 Å². The van der Waals surface area contributed by atoms with Crippen LogP contribution in [0.2, 0.25) is 0 Å². The molecule has 1 fully saturated rings. The van der Waals surface area contributed by atoms with Gasteiger partial charge in [-0.3, -0.25) is 0 Å². The van der Waals surface area contributed by atoms with Gasteiger partial charge in [0.05, 0.1) is 13.2 Å². The number of para-hydroxylation sites is 1. The maximum Gasteiger partial charge on any atom is 0.439 e. The first-order valence-corrected chi connectivity index (χ1v) is 13.2. The molecular formula is C30H27N3O11. The van der Waals surface area contributed by atoms with Gasteiger partial charge >= 0.3 is 35.7 Å². The molecule has 1 aliphatic rings. The molecule has 14 heteroatoms. The van der Waals surface area contributed by atoms with Crippen molar-refractivity contribution < 1.29 is 53.4 Å². The van der Waals surface area contributed by atoms with Crippen molar-refractivity contribution in [2.24, 2.45) is 0 Å². The molecule has 0 saturated carbocycles. The summed E-state index contributed by atoms with van der Waals surface area (Å²) in [6, 6.07) is 24.4. The van der Waals surface area contributed by atoms with Gasteiger partial charge in [-0.15, -0.1) is 5.01 Å². The zero-order valence-corrected chi connectivity index (χ0v) is 23.2. The second-order valence-corrected chi connectivity index (χ2v) is 9.64. The number of aliphatic hydroxyl groups is 2. The number of cyclic esters (lactones) is 1. The average molecular weight is 606 g/mol. The Hall–Kier alpha value is -5.28. The van der Waals surface area contributed by atoms with Gasteiger partial charge in [0.25, 0.3) is 0 Å². The van der Waals surface area contributed by atoms with E-state index >= 15 is 0 Å². The van der Waals surface area contributed by atoms with Gasteiger partial charge in [0.15, 0.2) is 0 Å². The summed E-state index contributed by atoms with van der Waals surface area (Å²) in [5, 5.41) is 23.9. The predicted octanol–water partition coefficient (Wildman–Crippen LogP) is 2.26. The Kier molecular flexibility index (Phi) is 8.59. The number of aromatic amines is 1. The monoisotopic (exact) mass is 605 g/mol. The van der Waals surface area contributed by atoms with E-state index in [9.17, 15) is 29.4 Å². The highest BCUT2D eigenvalue weighted by Gasteiger charge is 2.67. The number of carbonyl (C=O) groups is 4. The number of epoxide rings is 1. The van der Waals surface area contributed by atoms with Crippen molar-refractivity contribution in [2.75, 3.05) is 7.05 Å². The highest BCUT2D eigenvalue weighted by molar-refractivity contribution is 6.11. The maximum atomic E-state index is 13.4. The quantitative estimate of drug-likeness (QED) is 0.0747. The summed E-state index contributed by atoms with van der Waals surface area (Å²) in [4.78, 5) is 61.9. The van der Waals surface area contributed by atoms with Crippen molar-refractivity contribution >= 4 is 34.9 Å². The molecule has 0 bridgehead atoms. The Balaban J connectivity index is 1.47. The minimum atomic E-state index is -3.16. The summed E-state index contributed by atoms with van der Waals surface area (Å²) in [6.07, 6.45) is 0.613. The van der Waals surface area contributed by atoms with Crippen LogP contribution in [0.25, 0.3) is 10.9 Å². The molecule has 2 unspecified atom stereocenters. The Morgan fingerprint density at radius 2 is 1.50 bits per heavy atom. The molecule has 0 aliphatic carbocycles. The van der Waals surface area contributed by atoms with E-state index in [1.54, 1.807) is 91.1 Å². The van der Waals surface area contributed by atoms with Gasteiger partial charge in [0.2, 0.25) is 0 Å². The topological polar surface area (TPSA) is 180 Å². The first-order valence-electron chi connectivity index (χ1n) is 13.2. The number of hydrogen-bond donors (Lipinski definition) is 3. The van der Waals surface area contributed by atoms with Crippen LogP contribution in [0, 0.1) is 0 Å². The second-order valence-electron chi connectivity index (χ2n) is 9.64. The minimum Gasteiger partial charge on any atom is -0.444 e. The third kappa shape index (κ3) is 6.38. The average Bonchev–Trinajstić information content (AvgIpc) is 3.48. The highest BCUT2D eigenvalue weighted by Crippen LogP contribution is 2.30. The third-order valence-electron chi connectivity index (χ3n) is 6.67. The first-order chi connectivity index (χ1) is 21.1. The summed E-state index contributed by atoms with van der Waals surface area (Å²) in [5.74, 6) is -10.9. The van der Waals surface area contributed by atoms with Crippen LogP contribution in [0.15, 0.2) is 91.1 Å². The predicted molar refractivity (Wildman–Crippen MR) is 148 cm³/mol. The molecule has 2 heterocycles. The van der Waals surface area contributed by atoms with E-state index in [1.165, 1.54) is 7.05 Å². The minimum absolute atomic E-state index is 0.136. The van der Waals surface area contributed by atoms with Crippen LogP contribution in [0.1, 0.15) is 16.7 Å². The molecule has 1 saturated heterocycles. The number of fused-ring (bicyclic) bond motifs is 1. The van der Waals surface area contributed by atoms with Crippen LogP contribution in [-0.4, -0.2) is 68.0 Å². The summed E-state index contributed by atoms with van der Waals surface area (Å²) in [5.41, 5.74) is 2.43. The second kappa shape index (κ2) is 12.5. The molecule has 4 aromatic rings. The number of H-pyrrole nitrogens is 1. The Bertz CT molecular complexity index is 1660. The molecular weight excluding hydrogens is 578 g/mol. The lowest BCUT2D eigenvalue weighted by Gasteiger charge is -2.40. The van der Waals surface area contributed by atoms with Crippen LogP contribution in [0.4, 0.5) is 4.79 Å². The number of benzene rings is 3. The Morgan fingerprint density at radius 1 is 0.909 bits per heavy atom. The van der Waals surface area contributed by atoms with Crippen LogP contribution in [-0.2, 0) is 58.1 Å². The lowest BCUT2D eigenvalue weighted by molar-refractivity contribution is -0.358. The zero-order valence-electron chi connectivity index (χ0n) is 23.2. The molecule has 1 aromatic heterocycles. The molecule has 1 aliphatic heterocycles. The number of carbonyl (C=O) groups excluding carboxylic acids is 4. The van der Waals surface area contributed by atoms with E-state index in [0.29, 0.717) is 22.1 Å². The van der Waals surface area contributed by atoms with Gasteiger partial charge in [-0.1, -0.05) is 78.9 Å². The van der Waals surface area contributed by atoms with E-state index in [1.807, 2.05) is 0 Å². The van der Waals surface area contributed by atoms with Crippen LogP contribution < -0.4 is 0 Å². The molecule has 0 spiro atoms. The lowest BCUT2D eigenvalue weighted by Crippen LogP contribution is -2.63. The zero-order chi connectivity index (χ0) is 31.3. The number of amides is 1. The fraction of sp³-hybridized carbons (Fsp3) is 0.200. The maximum absolute atomic E-state index is 13.4. The van der Waals surface area contributed by atoms with E-state index in [-0.39, 0.29) is 19.8 Å². The first kappa shape index (κ1) is 30.2. The number of ether oxygens (including phenoxy) is 3. The fourth-order valence-electron chi connectivity index (χ4n) is 4.17. The lowest BCUT2D eigenvalue weighted by atomic mass is 10.1. The molecule has 14 nitrogen and oxygen atoms in total. The van der Waals surface area contributed by atoms with Crippen molar-refractivity contribution in [3.8, 4) is 0 Å². The molecule has 0 radical (unpaired) electrons. The van der Waals surface area contributed by atoms with Crippen LogP contribution in [0.3, 0.4) is 0 Å². The summed E-state index contributed by atoms with van der Waals surface area (Å²) in [7, 11) is 1.22. The van der Waals surface area contributed by atoms with Crippen molar-refractivity contribution in [1.29, 1.82) is 0 Å². The number of nitrogens with one attached hydrogen (secondary N) is 1. The number of rotatable bonds is 11. The van der Waals surface area contributed by atoms with E-state index in [4.69, 9.17) is 9.47 Å². The summed E-state index contributed by atoms with van der Waals surface area (Å²) >= 11 is 0. The van der Waals surface area contributed by atoms with Gasteiger partial charge in [-0.2, -0.15) is 0 Å². The number of nitrogens with zero attached hydrogens (tertiary/aromatic N) is 2. The molecule has 228 valence electrons. The van der Waals surface area contributed by atoms with Gasteiger partial charge in [0, 0.05) is 24.1 Å². The molecule has 3 aromatic carbocycles. The van der Waals surface area contributed by atoms with Crippen molar-refractivity contribution in [2.45, 2.75) is 31.5 Å². The molecule has 2 atom stereocenters. The number of hydrazine groups is 1. The Morgan fingerprint density at radius 3 is 2.14 bits per heavy atom. The van der Waals surface area contributed by atoms with Gasteiger partial charge < -0.3 is 29.4 Å². The smallest absolute Gasteiger partial charge is 0.439 e.